The minimum atomic E-state index is -0.239. The zero-order valence-electron chi connectivity index (χ0n) is 17.6. The van der Waals surface area contributed by atoms with Crippen LogP contribution in [0, 0.1) is 0 Å². The van der Waals surface area contributed by atoms with E-state index in [1.54, 1.807) is 24.3 Å². The van der Waals surface area contributed by atoms with Gasteiger partial charge in [-0.15, -0.1) is 11.3 Å². The number of para-hydroxylation sites is 1. The minimum Gasteiger partial charge on any atom is -0.345 e. The van der Waals surface area contributed by atoms with Crippen LogP contribution in [-0.4, -0.2) is 16.8 Å². The average molecular weight is 442 g/mol. The van der Waals surface area contributed by atoms with Gasteiger partial charge in [-0.25, -0.2) is 4.98 Å². The molecule has 0 saturated heterocycles. The molecule has 0 spiro atoms. The summed E-state index contributed by atoms with van der Waals surface area (Å²) in [6.45, 7) is 1.93. The molecule has 5 nitrogen and oxygen atoms in total. The van der Waals surface area contributed by atoms with Crippen LogP contribution in [0.4, 0.5) is 5.69 Å². The molecule has 0 fully saturated rings. The quantitative estimate of drug-likeness (QED) is 0.399. The Balaban J connectivity index is 1.42. The molecular weight excluding hydrogens is 418 g/mol. The van der Waals surface area contributed by atoms with Crippen LogP contribution >= 0.6 is 11.3 Å². The van der Waals surface area contributed by atoms with Gasteiger partial charge in [0.05, 0.1) is 29.4 Å². The second-order valence-electron chi connectivity index (χ2n) is 7.39. The van der Waals surface area contributed by atoms with Crippen LogP contribution in [0.1, 0.15) is 34.6 Å². The SMILES string of the molecule is CC(NC(=O)c1ccccc1NC(=O)Cc1csc(-c2ccccc2)n1)c1ccccc1. The van der Waals surface area contributed by atoms with Crippen molar-refractivity contribution >= 4 is 28.8 Å². The van der Waals surface area contributed by atoms with Gasteiger partial charge in [0, 0.05) is 10.9 Å². The number of benzene rings is 3. The molecule has 0 aliphatic heterocycles. The van der Waals surface area contributed by atoms with E-state index in [0.29, 0.717) is 16.9 Å². The van der Waals surface area contributed by atoms with Crippen molar-refractivity contribution in [2.75, 3.05) is 5.32 Å². The first kappa shape index (κ1) is 21.5. The van der Waals surface area contributed by atoms with Crippen LogP contribution in [-0.2, 0) is 11.2 Å². The smallest absolute Gasteiger partial charge is 0.253 e. The lowest BCUT2D eigenvalue weighted by molar-refractivity contribution is -0.115. The van der Waals surface area contributed by atoms with Crippen LogP contribution in [0.25, 0.3) is 10.6 Å². The molecule has 1 heterocycles. The first-order valence-corrected chi connectivity index (χ1v) is 11.2. The van der Waals surface area contributed by atoms with Crippen molar-refractivity contribution in [2.24, 2.45) is 0 Å². The van der Waals surface area contributed by atoms with Crippen molar-refractivity contribution in [2.45, 2.75) is 19.4 Å². The Bertz CT molecular complexity index is 1210. The van der Waals surface area contributed by atoms with Crippen molar-refractivity contribution in [3.63, 3.8) is 0 Å². The molecule has 0 bridgehead atoms. The molecular formula is C26H23N3O2S. The van der Waals surface area contributed by atoms with E-state index in [0.717, 1.165) is 16.1 Å². The third-order valence-corrected chi connectivity index (χ3v) is 5.95. The van der Waals surface area contributed by atoms with Crippen molar-refractivity contribution in [3.8, 4) is 10.6 Å². The van der Waals surface area contributed by atoms with Crippen LogP contribution in [0.15, 0.2) is 90.3 Å². The van der Waals surface area contributed by atoms with Crippen LogP contribution < -0.4 is 10.6 Å². The van der Waals surface area contributed by atoms with Gasteiger partial charge in [0.2, 0.25) is 5.91 Å². The number of nitrogens with one attached hydrogen (secondary N) is 2. The first-order chi connectivity index (χ1) is 15.6. The Labute approximate surface area is 191 Å². The largest absolute Gasteiger partial charge is 0.345 e. The third-order valence-electron chi connectivity index (χ3n) is 5.01. The topological polar surface area (TPSA) is 71.1 Å². The molecule has 2 amide bonds. The molecule has 6 heteroatoms. The number of rotatable bonds is 7. The Morgan fingerprint density at radius 3 is 2.31 bits per heavy atom. The van der Waals surface area contributed by atoms with Gasteiger partial charge in [0.1, 0.15) is 5.01 Å². The molecule has 2 N–H and O–H groups in total. The predicted octanol–water partition coefficient (Wildman–Crippen LogP) is 5.48. The van der Waals surface area contributed by atoms with Gasteiger partial charge in [0.15, 0.2) is 0 Å². The van der Waals surface area contributed by atoms with Gasteiger partial charge in [-0.2, -0.15) is 0 Å². The fraction of sp³-hybridized carbons (Fsp3) is 0.115. The second-order valence-corrected chi connectivity index (χ2v) is 8.24. The maximum Gasteiger partial charge on any atom is 0.253 e. The van der Waals surface area contributed by atoms with Crippen LogP contribution in [0.2, 0.25) is 0 Å². The lowest BCUT2D eigenvalue weighted by atomic mass is 10.1. The second kappa shape index (κ2) is 10.0. The van der Waals surface area contributed by atoms with Crippen molar-refractivity contribution < 1.29 is 9.59 Å². The van der Waals surface area contributed by atoms with Crippen LogP contribution in [0.3, 0.4) is 0 Å². The molecule has 0 radical (unpaired) electrons. The fourth-order valence-electron chi connectivity index (χ4n) is 3.35. The molecule has 32 heavy (non-hydrogen) atoms. The number of anilines is 1. The number of hydrogen-bond donors (Lipinski definition) is 2. The summed E-state index contributed by atoms with van der Waals surface area (Å²) in [5.74, 6) is -0.455. The number of amides is 2. The highest BCUT2D eigenvalue weighted by Crippen LogP contribution is 2.24. The standard InChI is InChI=1S/C26H23N3O2S/c1-18(19-10-4-2-5-11-19)27-25(31)22-14-8-9-15-23(22)29-24(30)16-21-17-32-26(28-21)20-12-6-3-7-13-20/h2-15,17-18H,16H2,1H3,(H,27,31)(H,29,30). The molecule has 1 unspecified atom stereocenters. The number of carbonyl (C=O) groups excluding carboxylic acids is 2. The summed E-state index contributed by atoms with van der Waals surface area (Å²) in [7, 11) is 0. The van der Waals surface area contributed by atoms with Gasteiger partial charge in [0.25, 0.3) is 5.91 Å². The zero-order valence-corrected chi connectivity index (χ0v) is 18.4. The van der Waals surface area contributed by atoms with Crippen molar-refractivity contribution in [1.82, 2.24) is 10.3 Å². The lowest BCUT2D eigenvalue weighted by Crippen LogP contribution is -2.28. The highest BCUT2D eigenvalue weighted by atomic mass is 32.1. The number of aromatic nitrogens is 1. The molecule has 0 aliphatic carbocycles. The maximum absolute atomic E-state index is 12.9. The van der Waals surface area contributed by atoms with Gasteiger partial charge >= 0.3 is 0 Å². The van der Waals surface area contributed by atoms with E-state index < -0.39 is 0 Å². The van der Waals surface area contributed by atoms with Crippen molar-refractivity contribution in [3.05, 3.63) is 107 Å². The average Bonchev–Trinajstić information content (AvgIpc) is 3.29. The summed E-state index contributed by atoms with van der Waals surface area (Å²) in [6, 6.07) is 26.5. The Morgan fingerprint density at radius 1 is 0.906 bits per heavy atom. The fourth-order valence-corrected chi connectivity index (χ4v) is 4.18. The summed E-state index contributed by atoms with van der Waals surface area (Å²) >= 11 is 1.51. The maximum atomic E-state index is 12.9. The molecule has 1 aromatic heterocycles. The molecule has 0 saturated carbocycles. The van der Waals surface area contributed by atoms with E-state index in [1.165, 1.54) is 11.3 Å². The lowest BCUT2D eigenvalue weighted by Gasteiger charge is -2.16. The van der Waals surface area contributed by atoms with E-state index >= 15 is 0 Å². The molecule has 4 aromatic rings. The van der Waals surface area contributed by atoms with E-state index in [4.69, 9.17) is 0 Å². The van der Waals surface area contributed by atoms with Crippen LogP contribution in [0.5, 0.6) is 0 Å². The normalized spacial score (nSPS) is 11.5. The molecule has 160 valence electrons. The minimum absolute atomic E-state index is 0.139. The Hall–Kier alpha value is -3.77. The van der Waals surface area contributed by atoms with Gasteiger partial charge in [-0.3, -0.25) is 9.59 Å². The zero-order chi connectivity index (χ0) is 22.3. The predicted molar refractivity (Wildman–Crippen MR) is 129 cm³/mol. The number of carbonyl (C=O) groups is 2. The van der Waals surface area contributed by atoms with E-state index in [1.807, 2.05) is 73.0 Å². The van der Waals surface area contributed by atoms with E-state index in [2.05, 4.69) is 15.6 Å². The molecule has 1 atom stereocenters. The summed E-state index contributed by atoms with van der Waals surface area (Å²) in [6.07, 6.45) is 0.139. The van der Waals surface area contributed by atoms with E-state index in [-0.39, 0.29) is 24.3 Å². The van der Waals surface area contributed by atoms with E-state index in [9.17, 15) is 9.59 Å². The highest BCUT2D eigenvalue weighted by molar-refractivity contribution is 7.13. The number of thiazole rings is 1. The van der Waals surface area contributed by atoms with Gasteiger partial charge in [-0.05, 0) is 24.6 Å². The summed E-state index contributed by atoms with van der Waals surface area (Å²) in [5, 5.41) is 8.63. The Morgan fingerprint density at radius 2 is 1.56 bits per heavy atom. The first-order valence-electron chi connectivity index (χ1n) is 10.3. The summed E-state index contributed by atoms with van der Waals surface area (Å²) in [5.41, 5.74) is 3.64. The van der Waals surface area contributed by atoms with Crippen molar-refractivity contribution in [1.29, 1.82) is 0 Å². The monoisotopic (exact) mass is 441 g/mol. The molecule has 3 aromatic carbocycles. The molecule has 0 aliphatic rings. The third kappa shape index (κ3) is 5.28. The Kier molecular flexibility index (Phi) is 6.72. The number of nitrogens with zero attached hydrogens (tertiary/aromatic N) is 1. The summed E-state index contributed by atoms with van der Waals surface area (Å²) in [4.78, 5) is 30.1. The number of hydrogen-bond acceptors (Lipinski definition) is 4. The highest BCUT2D eigenvalue weighted by Gasteiger charge is 2.17. The summed E-state index contributed by atoms with van der Waals surface area (Å²) < 4.78 is 0. The van der Waals surface area contributed by atoms with Gasteiger partial charge < -0.3 is 10.6 Å². The van der Waals surface area contributed by atoms with Gasteiger partial charge in [-0.1, -0.05) is 72.8 Å². The molecule has 4 rings (SSSR count).